The Hall–Kier alpha value is -0.910. The molecule has 2 rings (SSSR count). The molecule has 2 heterocycles. The third-order valence-corrected chi connectivity index (χ3v) is 4.27. The first-order chi connectivity index (χ1) is 8.60. The first-order valence-corrected chi connectivity index (χ1v) is 7.38. The molecule has 0 unspecified atom stereocenters. The van der Waals surface area contributed by atoms with Crippen molar-refractivity contribution in [1.29, 1.82) is 0 Å². The van der Waals surface area contributed by atoms with Gasteiger partial charge in [0.15, 0.2) is 0 Å². The molecule has 18 heavy (non-hydrogen) atoms. The maximum absolute atomic E-state index is 5.76. The highest BCUT2D eigenvalue weighted by atomic mass is 79.9. The van der Waals surface area contributed by atoms with Gasteiger partial charge in [-0.15, -0.1) is 11.3 Å². The molecule has 0 amide bonds. The van der Waals surface area contributed by atoms with Gasteiger partial charge in [0.05, 0.1) is 3.79 Å². The van der Waals surface area contributed by atoms with Crippen LogP contribution in [-0.4, -0.2) is 12.0 Å². The summed E-state index contributed by atoms with van der Waals surface area (Å²) in [5.74, 6) is 0.972. The van der Waals surface area contributed by atoms with Gasteiger partial charge in [-0.25, -0.2) is 4.98 Å². The van der Waals surface area contributed by atoms with Gasteiger partial charge >= 0.3 is 0 Å². The van der Waals surface area contributed by atoms with E-state index >= 15 is 0 Å². The van der Waals surface area contributed by atoms with Crippen LogP contribution in [0.3, 0.4) is 0 Å². The van der Waals surface area contributed by atoms with Crippen molar-refractivity contribution in [1.82, 2.24) is 4.98 Å². The summed E-state index contributed by atoms with van der Waals surface area (Å²) in [6.07, 6.45) is 0. The van der Waals surface area contributed by atoms with Crippen molar-refractivity contribution >= 4 is 33.1 Å². The van der Waals surface area contributed by atoms with Crippen LogP contribution in [0.4, 0.5) is 5.82 Å². The minimum Gasteiger partial charge on any atom is -0.355 e. The summed E-state index contributed by atoms with van der Waals surface area (Å²) in [7, 11) is 2.05. The third kappa shape index (κ3) is 3.10. The Labute approximate surface area is 120 Å². The molecule has 0 aliphatic carbocycles. The molecule has 0 bridgehead atoms. The molecule has 96 valence electrons. The van der Waals surface area contributed by atoms with Crippen molar-refractivity contribution < 1.29 is 0 Å². The van der Waals surface area contributed by atoms with Crippen molar-refractivity contribution in [3.05, 3.63) is 44.2 Å². The van der Waals surface area contributed by atoms with E-state index in [2.05, 4.69) is 43.3 Å². The van der Waals surface area contributed by atoms with Crippen LogP contribution in [0, 0.1) is 6.92 Å². The topological polar surface area (TPSA) is 42.1 Å². The maximum atomic E-state index is 5.76. The first kappa shape index (κ1) is 13.5. The Morgan fingerprint density at radius 3 is 2.83 bits per heavy atom. The Morgan fingerprint density at radius 2 is 2.22 bits per heavy atom. The first-order valence-electron chi connectivity index (χ1n) is 5.71. The molecule has 2 aromatic rings. The van der Waals surface area contributed by atoms with Gasteiger partial charge in [0, 0.05) is 31.4 Å². The number of hydrogen-bond donors (Lipinski definition) is 1. The molecule has 0 fully saturated rings. The lowest BCUT2D eigenvalue weighted by Gasteiger charge is -2.20. The van der Waals surface area contributed by atoms with Crippen LogP contribution in [0.5, 0.6) is 0 Å². The van der Waals surface area contributed by atoms with E-state index in [1.807, 2.05) is 20.0 Å². The van der Waals surface area contributed by atoms with Crippen molar-refractivity contribution in [2.75, 3.05) is 11.9 Å². The summed E-state index contributed by atoms with van der Waals surface area (Å²) < 4.78 is 1.15. The summed E-state index contributed by atoms with van der Waals surface area (Å²) in [4.78, 5) is 6.73. The molecule has 5 heteroatoms. The van der Waals surface area contributed by atoms with Crippen LogP contribution in [0.2, 0.25) is 0 Å². The van der Waals surface area contributed by atoms with Crippen molar-refractivity contribution in [3.8, 4) is 0 Å². The highest BCUT2D eigenvalue weighted by Crippen LogP contribution is 2.24. The van der Waals surface area contributed by atoms with Gasteiger partial charge in [-0.05, 0) is 45.9 Å². The average Bonchev–Trinajstić information content (AvgIpc) is 2.74. The second-order valence-electron chi connectivity index (χ2n) is 4.25. The normalized spacial score (nSPS) is 10.7. The SMILES string of the molecule is Cc1ccc(CN)c(N(C)Cc2csc(Br)c2)n1. The lowest BCUT2D eigenvalue weighted by molar-refractivity contribution is 0.872. The van der Waals surface area contributed by atoms with Crippen LogP contribution in [0.15, 0.2) is 27.4 Å². The summed E-state index contributed by atoms with van der Waals surface area (Å²) in [5.41, 5.74) is 9.14. The second kappa shape index (κ2) is 5.82. The van der Waals surface area contributed by atoms with Crippen molar-refractivity contribution in [2.24, 2.45) is 5.73 Å². The van der Waals surface area contributed by atoms with Gasteiger partial charge in [-0.3, -0.25) is 0 Å². The Bertz CT molecular complexity index is 539. The van der Waals surface area contributed by atoms with Crippen LogP contribution >= 0.6 is 27.3 Å². The number of pyridine rings is 1. The molecule has 3 nitrogen and oxygen atoms in total. The minimum absolute atomic E-state index is 0.514. The third-order valence-electron chi connectivity index (χ3n) is 2.72. The van der Waals surface area contributed by atoms with Gasteiger partial charge in [0.25, 0.3) is 0 Å². The number of nitrogens with zero attached hydrogens (tertiary/aromatic N) is 2. The lowest BCUT2D eigenvalue weighted by Crippen LogP contribution is -2.20. The van der Waals surface area contributed by atoms with Gasteiger partial charge in [0.1, 0.15) is 5.82 Å². The quantitative estimate of drug-likeness (QED) is 0.937. The highest BCUT2D eigenvalue weighted by molar-refractivity contribution is 9.11. The van der Waals surface area contributed by atoms with Crippen molar-refractivity contribution in [2.45, 2.75) is 20.0 Å². The summed E-state index contributed by atoms with van der Waals surface area (Å²) in [6.45, 7) is 3.35. The van der Waals surface area contributed by atoms with Gasteiger partial charge in [-0.1, -0.05) is 6.07 Å². The Morgan fingerprint density at radius 1 is 1.44 bits per heavy atom. The van der Waals surface area contributed by atoms with Gasteiger partial charge < -0.3 is 10.6 Å². The summed E-state index contributed by atoms with van der Waals surface area (Å²) in [6, 6.07) is 6.19. The molecule has 2 N–H and O–H groups in total. The molecule has 0 aromatic carbocycles. The van der Waals surface area contributed by atoms with Crippen LogP contribution in [0.25, 0.3) is 0 Å². The van der Waals surface area contributed by atoms with Gasteiger partial charge in [-0.2, -0.15) is 0 Å². The van der Waals surface area contributed by atoms with Crippen LogP contribution < -0.4 is 10.6 Å². The number of halogens is 1. The Kier molecular flexibility index (Phi) is 4.37. The number of thiophene rings is 1. The van der Waals surface area contributed by atoms with E-state index in [1.54, 1.807) is 11.3 Å². The number of hydrogen-bond acceptors (Lipinski definition) is 4. The second-order valence-corrected chi connectivity index (χ2v) is 6.55. The fourth-order valence-electron chi connectivity index (χ4n) is 1.84. The molecule has 0 spiro atoms. The molecule has 0 radical (unpaired) electrons. The zero-order valence-corrected chi connectivity index (χ0v) is 12.9. The molecule has 0 aliphatic rings. The monoisotopic (exact) mass is 325 g/mol. The molecule has 0 saturated heterocycles. The summed E-state index contributed by atoms with van der Waals surface area (Å²) in [5, 5.41) is 2.15. The number of aryl methyl sites for hydroxylation is 1. The largest absolute Gasteiger partial charge is 0.355 e. The predicted octanol–water partition coefficient (Wildman–Crippen LogP) is 3.31. The molecule has 2 aromatic heterocycles. The zero-order chi connectivity index (χ0) is 13.1. The van der Waals surface area contributed by atoms with Gasteiger partial charge in [0.2, 0.25) is 0 Å². The standard InChI is InChI=1S/C13H16BrN3S/c1-9-3-4-11(6-15)13(16-9)17(2)7-10-5-12(14)18-8-10/h3-5,8H,6-7,15H2,1-2H3. The van der Waals surface area contributed by atoms with E-state index in [4.69, 9.17) is 5.73 Å². The molecule has 0 atom stereocenters. The number of rotatable bonds is 4. The lowest BCUT2D eigenvalue weighted by atomic mass is 10.2. The summed E-state index contributed by atoms with van der Waals surface area (Å²) >= 11 is 5.18. The van der Waals surface area contributed by atoms with E-state index in [-0.39, 0.29) is 0 Å². The maximum Gasteiger partial charge on any atom is 0.133 e. The van der Waals surface area contributed by atoms with E-state index in [0.717, 1.165) is 27.4 Å². The molecule has 0 saturated carbocycles. The van der Waals surface area contributed by atoms with E-state index in [1.165, 1.54) is 5.56 Å². The van der Waals surface area contributed by atoms with Crippen LogP contribution in [-0.2, 0) is 13.1 Å². The molecular weight excluding hydrogens is 310 g/mol. The zero-order valence-electron chi connectivity index (χ0n) is 10.5. The fourth-order valence-corrected chi connectivity index (χ4v) is 3.04. The fraction of sp³-hybridized carbons (Fsp3) is 0.308. The van der Waals surface area contributed by atoms with Crippen molar-refractivity contribution in [3.63, 3.8) is 0 Å². The number of nitrogens with two attached hydrogens (primary N) is 1. The Balaban J connectivity index is 2.22. The van der Waals surface area contributed by atoms with E-state index < -0.39 is 0 Å². The smallest absolute Gasteiger partial charge is 0.133 e. The van der Waals surface area contributed by atoms with Crippen LogP contribution in [0.1, 0.15) is 16.8 Å². The van der Waals surface area contributed by atoms with E-state index in [9.17, 15) is 0 Å². The number of anilines is 1. The predicted molar refractivity (Wildman–Crippen MR) is 81.0 cm³/mol. The van der Waals surface area contributed by atoms with E-state index in [0.29, 0.717) is 6.54 Å². The average molecular weight is 326 g/mol. The highest BCUT2D eigenvalue weighted by Gasteiger charge is 2.10. The molecular formula is C13H16BrN3S. The number of aromatic nitrogens is 1. The minimum atomic E-state index is 0.514. The molecule has 0 aliphatic heterocycles.